The second kappa shape index (κ2) is 8.24. The van der Waals surface area contributed by atoms with Gasteiger partial charge in [0.1, 0.15) is 12.1 Å². The molecule has 0 aromatic rings. The number of carbonyl (C=O) groups is 2. The lowest BCUT2D eigenvalue weighted by atomic mass is 10.1. The maximum absolute atomic E-state index is 11.5. The zero-order valence-corrected chi connectivity index (χ0v) is 13.9. The molecule has 2 rings (SSSR count). The standard InChI is InChI=1S/C16H28N2O6/c19-11-3-1-2-8-16(24,17-9-4-6-12(17)14(20)21)18-10-5-7-13(18)15(22)23/h12-13,19,24H,1-11H2,(H,20,21)(H,22,23)/t12-,13-/m0/s1. The molecule has 8 heteroatoms. The molecule has 0 aliphatic carbocycles. The molecule has 0 aromatic carbocycles. The van der Waals surface area contributed by atoms with Crippen molar-refractivity contribution in [2.24, 2.45) is 0 Å². The summed E-state index contributed by atoms with van der Waals surface area (Å²) >= 11 is 0. The molecule has 2 heterocycles. The van der Waals surface area contributed by atoms with Crippen LogP contribution in [0.15, 0.2) is 0 Å². The molecule has 2 fully saturated rings. The molecule has 138 valence electrons. The Hall–Kier alpha value is -1.22. The first-order chi connectivity index (χ1) is 11.4. The summed E-state index contributed by atoms with van der Waals surface area (Å²) in [6, 6.07) is -1.58. The second-order valence-electron chi connectivity index (χ2n) is 6.69. The van der Waals surface area contributed by atoms with Crippen molar-refractivity contribution < 1.29 is 30.0 Å². The van der Waals surface area contributed by atoms with Crippen LogP contribution in [0.25, 0.3) is 0 Å². The quantitative estimate of drug-likeness (QED) is 0.440. The molecule has 2 atom stereocenters. The highest BCUT2D eigenvalue weighted by Gasteiger charge is 2.52. The Morgan fingerprint density at radius 1 is 0.917 bits per heavy atom. The molecule has 2 saturated heterocycles. The van der Waals surface area contributed by atoms with Crippen LogP contribution in [0.4, 0.5) is 0 Å². The van der Waals surface area contributed by atoms with Crippen LogP contribution in [0.3, 0.4) is 0 Å². The molecular weight excluding hydrogens is 316 g/mol. The van der Waals surface area contributed by atoms with E-state index in [4.69, 9.17) is 5.11 Å². The van der Waals surface area contributed by atoms with Crippen molar-refractivity contribution in [1.29, 1.82) is 0 Å². The summed E-state index contributed by atoms with van der Waals surface area (Å²) in [7, 11) is 0. The van der Waals surface area contributed by atoms with Crippen LogP contribution >= 0.6 is 0 Å². The Labute approximate surface area is 141 Å². The third-order valence-corrected chi connectivity index (χ3v) is 5.17. The van der Waals surface area contributed by atoms with Crippen molar-refractivity contribution in [3.63, 3.8) is 0 Å². The molecular formula is C16H28N2O6. The number of carboxylic acid groups (broad SMARTS) is 2. The third-order valence-electron chi connectivity index (χ3n) is 5.17. The van der Waals surface area contributed by atoms with Gasteiger partial charge in [-0.2, -0.15) is 0 Å². The molecule has 0 aromatic heterocycles. The van der Waals surface area contributed by atoms with Crippen molar-refractivity contribution in [2.75, 3.05) is 19.7 Å². The van der Waals surface area contributed by atoms with Crippen molar-refractivity contribution in [1.82, 2.24) is 9.80 Å². The molecule has 0 bridgehead atoms. The van der Waals surface area contributed by atoms with E-state index in [0.717, 1.165) is 0 Å². The number of hydrogen-bond donors (Lipinski definition) is 4. The topological polar surface area (TPSA) is 122 Å². The molecule has 8 nitrogen and oxygen atoms in total. The van der Waals surface area contributed by atoms with Gasteiger partial charge in [0, 0.05) is 26.1 Å². The highest BCUT2D eigenvalue weighted by atomic mass is 16.4. The Morgan fingerprint density at radius 2 is 1.42 bits per heavy atom. The number of aliphatic carboxylic acids is 2. The fraction of sp³-hybridized carbons (Fsp3) is 0.875. The number of aliphatic hydroxyl groups is 2. The monoisotopic (exact) mass is 344 g/mol. The zero-order valence-electron chi connectivity index (χ0n) is 13.9. The molecule has 0 radical (unpaired) electrons. The first kappa shape index (κ1) is 19.1. The first-order valence-electron chi connectivity index (χ1n) is 8.74. The lowest BCUT2D eigenvalue weighted by Gasteiger charge is -2.47. The molecule has 24 heavy (non-hydrogen) atoms. The van der Waals surface area contributed by atoms with Gasteiger partial charge in [-0.05, 0) is 38.5 Å². The summed E-state index contributed by atoms with van der Waals surface area (Å²) in [5, 5.41) is 39.2. The van der Waals surface area contributed by atoms with Gasteiger partial charge in [-0.25, -0.2) is 9.80 Å². The number of rotatable bonds is 9. The maximum Gasteiger partial charge on any atom is 0.321 e. The van der Waals surface area contributed by atoms with Gasteiger partial charge in [0.05, 0.1) is 0 Å². The number of hydrogen-bond acceptors (Lipinski definition) is 6. The van der Waals surface area contributed by atoms with E-state index >= 15 is 0 Å². The summed E-state index contributed by atoms with van der Waals surface area (Å²) in [6.45, 7) is 0.952. The van der Waals surface area contributed by atoms with E-state index in [1.165, 1.54) is 0 Å². The summed E-state index contributed by atoms with van der Waals surface area (Å²) in [5.74, 6) is -3.52. The van der Waals surface area contributed by atoms with Crippen molar-refractivity contribution in [2.45, 2.75) is 69.3 Å². The van der Waals surface area contributed by atoms with Gasteiger partial charge < -0.3 is 20.4 Å². The average Bonchev–Trinajstić information content (AvgIpc) is 3.20. The number of carboxylic acids is 2. The molecule has 0 amide bonds. The van der Waals surface area contributed by atoms with E-state index in [9.17, 15) is 24.9 Å². The smallest absolute Gasteiger partial charge is 0.321 e. The van der Waals surface area contributed by atoms with Crippen LogP contribution in [-0.2, 0) is 9.59 Å². The zero-order chi connectivity index (χ0) is 17.7. The molecule has 4 N–H and O–H groups in total. The minimum absolute atomic E-state index is 0.0708. The number of nitrogens with zero attached hydrogens (tertiary/aromatic N) is 2. The van der Waals surface area contributed by atoms with Crippen molar-refractivity contribution in [3.8, 4) is 0 Å². The fourth-order valence-corrected chi connectivity index (χ4v) is 4.01. The minimum Gasteiger partial charge on any atom is -0.480 e. The highest BCUT2D eigenvalue weighted by Crippen LogP contribution is 2.36. The Kier molecular flexibility index (Phi) is 6.56. The molecule has 2 aliphatic rings. The molecule has 0 spiro atoms. The molecule has 0 saturated carbocycles. The van der Waals surface area contributed by atoms with E-state index in [0.29, 0.717) is 58.0 Å². The number of likely N-dealkylation sites (tertiary alicyclic amines) is 2. The van der Waals surface area contributed by atoms with E-state index in [1.807, 2.05) is 0 Å². The third kappa shape index (κ3) is 3.88. The van der Waals surface area contributed by atoms with Crippen LogP contribution in [0.2, 0.25) is 0 Å². The Morgan fingerprint density at radius 3 is 1.83 bits per heavy atom. The predicted molar refractivity (Wildman–Crippen MR) is 85.2 cm³/mol. The average molecular weight is 344 g/mol. The minimum atomic E-state index is -1.56. The Balaban J connectivity index is 2.23. The van der Waals surface area contributed by atoms with E-state index in [1.54, 1.807) is 9.80 Å². The number of aliphatic hydroxyl groups excluding tert-OH is 1. The predicted octanol–water partition coefficient (Wildman–Crippen LogP) is 0.283. The van der Waals surface area contributed by atoms with Gasteiger partial charge in [0.25, 0.3) is 0 Å². The largest absolute Gasteiger partial charge is 0.480 e. The van der Waals surface area contributed by atoms with Crippen molar-refractivity contribution in [3.05, 3.63) is 0 Å². The van der Waals surface area contributed by atoms with E-state index < -0.39 is 29.9 Å². The Bertz CT molecular complexity index is 426. The lowest BCUT2D eigenvalue weighted by Crippen LogP contribution is -2.65. The summed E-state index contributed by atoms with van der Waals surface area (Å²) in [5.41, 5.74) is 0. The SMILES string of the molecule is O=C(O)[C@@H]1CCCN1C(O)(CCCCCO)N1CCC[C@H]1C(=O)O. The molecule has 0 unspecified atom stereocenters. The van der Waals surface area contributed by atoms with Crippen LogP contribution in [0, 0.1) is 0 Å². The first-order valence-corrected chi connectivity index (χ1v) is 8.74. The van der Waals surface area contributed by atoms with Crippen LogP contribution in [0.5, 0.6) is 0 Å². The normalized spacial score (nSPS) is 26.1. The van der Waals surface area contributed by atoms with Gasteiger partial charge in [-0.1, -0.05) is 6.42 Å². The second-order valence-corrected chi connectivity index (χ2v) is 6.69. The van der Waals surface area contributed by atoms with E-state index in [2.05, 4.69) is 0 Å². The van der Waals surface area contributed by atoms with E-state index in [-0.39, 0.29) is 13.0 Å². The van der Waals surface area contributed by atoms with Gasteiger partial charge in [0.15, 0.2) is 5.85 Å². The van der Waals surface area contributed by atoms with Gasteiger partial charge in [-0.15, -0.1) is 0 Å². The molecule has 2 aliphatic heterocycles. The van der Waals surface area contributed by atoms with Gasteiger partial charge in [-0.3, -0.25) is 9.59 Å². The summed E-state index contributed by atoms with van der Waals surface area (Å²) in [6.07, 6.45) is 4.45. The number of unbranched alkanes of at least 4 members (excludes halogenated alkanes) is 2. The van der Waals surface area contributed by atoms with Crippen LogP contribution in [-0.4, -0.2) is 79.8 Å². The highest BCUT2D eigenvalue weighted by molar-refractivity contribution is 5.75. The van der Waals surface area contributed by atoms with Crippen LogP contribution in [0.1, 0.15) is 51.4 Å². The maximum atomic E-state index is 11.5. The fourth-order valence-electron chi connectivity index (χ4n) is 4.01. The van der Waals surface area contributed by atoms with Gasteiger partial charge >= 0.3 is 11.9 Å². The van der Waals surface area contributed by atoms with Crippen LogP contribution < -0.4 is 0 Å². The lowest BCUT2D eigenvalue weighted by molar-refractivity contribution is -0.234. The van der Waals surface area contributed by atoms with Crippen molar-refractivity contribution >= 4 is 11.9 Å². The summed E-state index contributed by atoms with van der Waals surface area (Å²) in [4.78, 5) is 26.2. The summed E-state index contributed by atoms with van der Waals surface area (Å²) < 4.78 is 0. The van der Waals surface area contributed by atoms with Gasteiger partial charge in [0.2, 0.25) is 0 Å².